The number of aromatic nitrogens is 3. The number of ether oxygens (including phenoxy) is 2. The number of amides is 1. The number of alkyl halides is 6. The number of piperidine rings is 1. The van der Waals surface area contributed by atoms with E-state index in [0.29, 0.717) is 29.7 Å². The maximum absolute atomic E-state index is 12.8. The highest BCUT2D eigenvalue weighted by atomic mass is 19.4. The number of nitrogens with one attached hydrogen (secondary N) is 3. The molecule has 3 aromatic rings. The van der Waals surface area contributed by atoms with Gasteiger partial charge in [0, 0.05) is 48.9 Å². The predicted octanol–water partition coefficient (Wildman–Crippen LogP) is 4.45. The third kappa shape index (κ3) is 9.45. The van der Waals surface area contributed by atoms with Crippen LogP contribution in [0.2, 0.25) is 0 Å². The molecule has 2 aromatic heterocycles. The van der Waals surface area contributed by atoms with E-state index in [4.69, 9.17) is 14.5 Å². The topological polar surface area (TPSA) is 185 Å². The second kappa shape index (κ2) is 16.5. The van der Waals surface area contributed by atoms with Gasteiger partial charge in [0.2, 0.25) is 6.79 Å². The number of hydrogen-bond acceptors (Lipinski definition) is 12. The van der Waals surface area contributed by atoms with E-state index in [9.17, 15) is 50.6 Å². The van der Waals surface area contributed by atoms with Crippen LogP contribution in [0.15, 0.2) is 36.7 Å². The van der Waals surface area contributed by atoms with Crippen LogP contribution in [0.4, 0.5) is 43.8 Å². The number of carbonyl (C=O) groups is 4. The summed E-state index contributed by atoms with van der Waals surface area (Å²) in [7, 11) is 0. The highest BCUT2D eigenvalue weighted by molar-refractivity contribution is 6.41. The van der Waals surface area contributed by atoms with Gasteiger partial charge < -0.3 is 35.4 Å². The lowest BCUT2D eigenvalue weighted by atomic mass is 9.92. The first-order valence-corrected chi connectivity index (χ1v) is 16.8. The van der Waals surface area contributed by atoms with Gasteiger partial charge in [-0.2, -0.15) is 26.3 Å². The van der Waals surface area contributed by atoms with Crippen LogP contribution in [0.3, 0.4) is 0 Å². The van der Waals surface area contributed by atoms with Gasteiger partial charge in [-0.05, 0) is 61.9 Å². The molecule has 0 bridgehead atoms. The summed E-state index contributed by atoms with van der Waals surface area (Å²) in [6, 6.07) is 7.96. The van der Waals surface area contributed by atoms with Crippen LogP contribution in [0.5, 0.6) is 11.5 Å². The van der Waals surface area contributed by atoms with Gasteiger partial charge in [0.1, 0.15) is 29.8 Å². The molecule has 1 aromatic carbocycles. The van der Waals surface area contributed by atoms with Gasteiger partial charge in [-0.25, -0.2) is 19.7 Å². The van der Waals surface area contributed by atoms with Gasteiger partial charge in [0.05, 0.1) is 0 Å². The maximum atomic E-state index is 12.8. The molecule has 1 fully saturated rings. The summed E-state index contributed by atoms with van der Waals surface area (Å²) in [4.78, 5) is 60.3. The second-order valence-electron chi connectivity index (χ2n) is 12.4. The molecule has 6 rings (SSSR count). The van der Waals surface area contributed by atoms with Crippen LogP contribution in [0.1, 0.15) is 59.3 Å². The number of carboxylic acid groups (broad SMARTS) is 1. The molecule has 5 heterocycles. The Labute approximate surface area is 303 Å². The van der Waals surface area contributed by atoms with Crippen molar-refractivity contribution in [3.05, 3.63) is 59.0 Å². The molecule has 0 aliphatic carbocycles. The van der Waals surface area contributed by atoms with E-state index in [-0.39, 0.29) is 18.9 Å². The van der Waals surface area contributed by atoms with E-state index in [1.807, 2.05) is 6.92 Å². The molecule has 0 spiro atoms. The van der Waals surface area contributed by atoms with Gasteiger partial charge in [-0.1, -0.05) is 13.0 Å². The normalized spacial score (nSPS) is 15.9. The first kappa shape index (κ1) is 39.5. The Morgan fingerprint density at radius 1 is 0.981 bits per heavy atom. The maximum Gasteiger partial charge on any atom is 0.458 e. The largest absolute Gasteiger partial charge is 0.480 e. The summed E-state index contributed by atoms with van der Waals surface area (Å²) in [6.45, 7) is 4.72. The van der Waals surface area contributed by atoms with Crippen molar-refractivity contribution in [2.75, 3.05) is 48.5 Å². The lowest BCUT2D eigenvalue weighted by molar-refractivity contribution is -0.193. The number of Topliss-reactive ketones (excluding diaryl/α,β-unsaturated/α-hetero) is 2. The minimum Gasteiger partial charge on any atom is -0.480 e. The van der Waals surface area contributed by atoms with Crippen LogP contribution < -0.4 is 30.3 Å². The van der Waals surface area contributed by atoms with Gasteiger partial charge in [-0.3, -0.25) is 14.4 Å². The highest BCUT2D eigenvalue weighted by Gasteiger charge is 2.54. The minimum atomic E-state index is -5.77. The molecule has 1 atom stereocenters. The summed E-state index contributed by atoms with van der Waals surface area (Å²) >= 11 is 0. The van der Waals surface area contributed by atoms with Crippen molar-refractivity contribution in [2.45, 2.75) is 63.3 Å². The Morgan fingerprint density at radius 3 is 2.31 bits per heavy atom. The van der Waals surface area contributed by atoms with Crippen LogP contribution >= 0.6 is 0 Å². The van der Waals surface area contributed by atoms with E-state index in [1.54, 1.807) is 12.1 Å². The van der Waals surface area contributed by atoms with Crippen LogP contribution in [-0.4, -0.2) is 94.9 Å². The van der Waals surface area contributed by atoms with Gasteiger partial charge in [0.25, 0.3) is 5.91 Å². The summed E-state index contributed by atoms with van der Waals surface area (Å²) in [5.41, 5.74) is 3.65. The van der Waals surface area contributed by atoms with E-state index >= 15 is 0 Å². The quantitative estimate of drug-likeness (QED) is 0.168. The van der Waals surface area contributed by atoms with E-state index in [1.165, 1.54) is 18.0 Å². The number of hydrogen-bond donors (Lipinski definition) is 4. The SMILES string of the molecule is CCc1c(NC[C@H](NC(=O)c2ccc3c(c2)OCO3)C(=O)O)ncnc1N1CCC(c2ccc3c(n2)NCCC3)CC1.O=C(C(=O)C(F)(F)F)C(F)(F)F. The molecule has 14 nitrogen and oxygen atoms in total. The molecule has 0 saturated carbocycles. The molecule has 0 radical (unpaired) electrons. The Balaban J connectivity index is 0.000000404. The molecule has 1 amide bonds. The number of anilines is 3. The summed E-state index contributed by atoms with van der Waals surface area (Å²) in [5, 5.41) is 19.0. The summed E-state index contributed by atoms with van der Waals surface area (Å²) in [6.07, 6.45) is -5.22. The van der Waals surface area contributed by atoms with Crippen LogP contribution in [0.25, 0.3) is 0 Å². The molecule has 3 aliphatic rings. The zero-order valence-electron chi connectivity index (χ0n) is 28.6. The monoisotopic (exact) mass is 767 g/mol. The van der Waals surface area contributed by atoms with E-state index < -0.39 is 41.8 Å². The standard InChI is InChI=1S/C30H35N7O5.C4F6O2/c1-2-21-27(32-15-23(30(39)40)36-29(38)20-6-8-24-25(14-20)42-17-41-24)33-16-34-28(21)37-12-9-18(10-13-37)22-7-5-19-4-3-11-31-26(19)35-22;5-3(6,7)1(11)2(12)4(8,9)10/h5-8,14,16,18,23H,2-4,9-13,15,17H2,1H3,(H,31,35)(H,36,38)(H,39,40)(H,32,33,34);/t23-;/m0./s1. The lowest BCUT2D eigenvalue weighted by Gasteiger charge is -2.34. The van der Waals surface area contributed by atoms with Crippen molar-refractivity contribution in [3.8, 4) is 11.5 Å². The van der Waals surface area contributed by atoms with Crippen molar-refractivity contribution in [1.29, 1.82) is 0 Å². The number of pyridine rings is 1. The van der Waals surface area contributed by atoms with Crippen LogP contribution in [0, 0.1) is 0 Å². The van der Waals surface area contributed by atoms with E-state index in [2.05, 4.69) is 43.0 Å². The van der Waals surface area contributed by atoms with Gasteiger partial charge >= 0.3 is 29.9 Å². The zero-order chi connectivity index (χ0) is 39.2. The summed E-state index contributed by atoms with van der Waals surface area (Å²) in [5.74, 6) is -4.64. The fourth-order valence-electron chi connectivity index (χ4n) is 6.05. The number of aliphatic carboxylic acids is 1. The Morgan fingerprint density at radius 2 is 1.67 bits per heavy atom. The van der Waals surface area contributed by atoms with Crippen molar-refractivity contribution < 1.29 is 60.1 Å². The minimum absolute atomic E-state index is 0.0464. The number of benzene rings is 1. The molecule has 0 unspecified atom stereocenters. The van der Waals surface area contributed by atoms with E-state index in [0.717, 1.165) is 68.2 Å². The molecule has 20 heteroatoms. The molecular formula is C34H35F6N7O7. The Bertz CT molecular complexity index is 1860. The number of halogens is 6. The highest BCUT2D eigenvalue weighted by Crippen LogP contribution is 2.34. The first-order valence-electron chi connectivity index (χ1n) is 16.8. The van der Waals surface area contributed by atoms with Gasteiger partial charge in [0.15, 0.2) is 11.5 Å². The third-order valence-electron chi connectivity index (χ3n) is 8.84. The Hall–Kier alpha value is -5.69. The third-order valence-corrected chi connectivity index (χ3v) is 8.84. The molecule has 4 N–H and O–H groups in total. The fraction of sp³-hybridized carbons (Fsp3) is 0.441. The van der Waals surface area contributed by atoms with Crippen LogP contribution in [-0.2, 0) is 27.2 Å². The predicted molar refractivity (Wildman–Crippen MR) is 179 cm³/mol. The smallest absolute Gasteiger partial charge is 0.458 e. The molecule has 54 heavy (non-hydrogen) atoms. The second-order valence-corrected chi connectivity index (χ2v) is 12.4. The number of carboxylic acids is 1. The molecule has 3 aliphatic heterocycles. The number of nitrogens with zero attached hydrogens (tertiary/aromatic N) is 4. The fourth-order valence-corrected chi connectivity index (χ4v) is 6.05. The first-order chi connectivity index (χ1) is 25.6. The van der Waals surface area contributed by atoms with Crippen molar-refractivity contribution in [2.24, 2.45) is 0 Å². The lowest BCUT2D eigenvalue weighted by Crippen LogP contribution is -2.45. The number of rotatable bonds is 10. The summed E-state index contributed by atoms with van der Waals surface area (Å²) < 4.78 is 77.6. The van der Waals surface area contributed by atoms with Crippen molar-refractivity contribution >= 4 is 40.9 Å². The molecule has 290 valence electrons. The van der Waals surface area contributed by atoms with Crippen molar-refractivity contribution in [3.63, 3.8) is 0 Å². The number of carbonyl (C=O) groups excluding carboxylic acids is 3. The number of fused-ring (bicyclic) bond motifs is 2. The molecular weight excluding hydrogens is 732 g/mol. The number of aryl methyl sites for hydroxylation is 1. The average Bonchev–Trinajstić information content (AvgIpc) is 3.63. The number of ketones is 2. The zero-order valence-corrected chi connectivity index (χ0v) is 28.6. The van der Waals surface area contributed by atoms with Crippen molar-refractivity contribution in [1.82, 2.24) is 20.3 Å². The van der Waals surface area contributed by atoms with Gasteiger partial charge in [-0.15, -0.1) is 0 Å². The Kier molecular flexibility index (Phi) is 12.1. The average molecular weight is 768 g/mol. The molecule has 1 saturated heterocycles.